The molecule has 1 aliphatic heterocycles. The molecule has 1 aromatic carbocycles. The molecule has 0 spiro atoms. The van der Waals surface area contributed by atoms with E-state index in [-0.39, 0.29) is 11.9 Å². The van der Waals surface area contributed by atoms with Crippen molar-refractivity contribution in [2.24, 2.45) is 5.92 Å². The molecule has 3 rings (SSSR count). The third-order valence-electron chi connectivity index (χ3n) is 5.49. The van der Waals surface area contributed by atoms with Gasteiger partial charge in [-0.15, -0.1) is 0 Å². The number of rotatable bonds is 8. The van der Waals surface area contributed by atoms with Crippen LogP contribution < -0.4 is 5.32 Å². The van der Waals surface area contributed by atoms with Crippen LogP contribution in [0.4, 0.5) is 5.82 Å². The van der Waals surface area contributed by atoms with Crippen LogP contribution in [0.1, 0.15) is 46.5 Å². The number of hydrogen-bond donors (Lipinski definition) is 1. The average molecular weight is 425 g/mol. The Morgan fingerprint density at radius 3 is 2.45 bits per heavy atom. The third kappa shape index (κ3) is 6.28. The second kappa shape index (κ2) is 10.9. The Morgan fingerprint density at radius 2 is 1.81 bits per heavy atom. The number of amides is 1. The maximum atomic E-state index is 13.1. The van der Waals surface area contributed by atoms with Crippen molar-refractivity contribution in [3.05, 3.63) is 59.3 Å². The smallest absolute Gasteiger partial charge is 0.337 e. The molecular formula is C24H32N4O3. The molecule has 0 bridgehead atoms. The highest BCUT2D eigenvalue weighted by Gasteiger charge is 2.24. The first-order valence-electron chi connectivity index (χ1n) is 10.9. The number of hydrogen-bond acceptors (Lipinski definition) is 6. The molecule has 0 radical (unpaired) electrons. The highest BCUT2D eigenvalue weighted by Crippen LogP contribution is 2.17. The van der Waals surface area contributed by atoms with E-state index in [1.54, 1.807) is 18.3 Å². The number of carbonyl (C=O) groups excluding carboxylic acids is 2. The molecule has 31 heavy (non-hydrogen) atoms. The number of ether oxygens (including phenoxy) is 1. The fraction of sp³-hybridized carbons (Fsp3) is 0.458. The van der Waals surface area contributed by atoms with E-state index in [9.17, 15) is 9.59 Å². The molecular weight excluding hydrogens is 392 g/mol. The van der Waals surface area contributed by atoms with Gasteiger partial charge in [0.05, 0.1) is 18.2 Å². The van der Waals surface area contributed by atoms with E-state index in [0.717, 1.165) is 38.2 Å². The molecule has 1 fully saturated rings. The van der Waals surface area contributed by atoms with Crippen LogP contribution in [-0.4, -0.2) is 66.5 Å². The summed E-state index contributed by atoms with van der Waals surface area (Å²) < 4.78 is 4.74. The van der Waals surface area contributed by atoms with Crippen molar-refractivity contribution in [3.63, 3.8) is 0 Å². The molecule has 0 saturated carbocycles. The van der Waals surface area contributed by atoms with Gasteiger partial charge in [-0.25, -0.2) is 9.78 Å². The molecule has 7 heteroatoms. The molecule has 1 aliphatic rings. The number of aromatic nitrogens is 1. The van der Waals surface area contributed by atoms with Crippen LogP contribution in [0, 0.1) is 5.92 Å². The summed E-state index contributed by atoms with van der Waals surface area (Å²) in [5.41, 5.74) is 2.32. The lowest BCUT2D eigenvalue weighted by Crippen LogP contribution is -2.48. The zero-order valence-corrected chi connectivity index (χ0v) is 18.6. The van der Waals surface area contributed by atoms with Crippen molar-refractivity contribution in [2.45, 2.75) is 26.8 Å². The number of carbonyl (C=O) groups is 2. The van der Waals surface area contributed by atoms with Gasteiger partial charge in [0.1, 0.15) is 5.82 Å². The largest absolute Gasteiger partial charge is 0.465 e. The first kappa shape index (κ1) is 22.7. The van der Waals surface area contributed by atoms with Gasteiger partial charge in [0.15, 0.2) is 0 Å². The van der Waals surface area contributed by atoms with Gasteiger partial charge in [0.2, 0.25) is 0 Å². The van der Waals surface area contributed by atoms with Gasteiger partial charge in [-0.05, 0) is 42.2 Å². The molecule has 0 atom stereocenters. The number of pyridine rings is 1. The number of nitrogens with zero attached hydrogens (tertiary/aromatic N) is 3. The molecule has 1 amide bonds. The number of nitrogens with one attached hydrogen (secondary N) is 1. The molecule has 1 aromatic heterocycles. The van der Waals surface area contributed by atoms with E-state index >= 15 is 0 Å². The van der Waals surface area contributed by atoms with Crippen LogP contribution in [0.5, 0.6) is 0 Å². The normalized spacial score (nSPS) is 14.5. The summed E-state index contributed by atoms with van der Waals surface area (Å²) in [6, 6.07) is 11.1. The topological polar surface area (TPSA) is 74.8 Å². The highest BCUT2D eigenvalue weighted by molar-refractivity contribution is 5.98. The Balaban J connectivity index is 1.54. The van der Waals surface area contributed by atoms with Crippen molar-refractivity contribution in [3.8, 4) is 0 Å². The lowest BCUT2D eigenvalue weighted by Gasteiger charge is -2.35. The van der Waals surface area contributed by atoms with Crippen molar-refractivity contribution < 1.29 is 14.3 Å². The maximum Gasteiger partial charge on any atom is 0.337 e. The second-order valence-electron chi connectivity index (χ2n) is 8.27. The van der Waals surface area contributed by atoms with Gasteiger partial charge in [0, 0.05) is 45.5 Å². The highest BCUT2D eigenvalue weighted by atomic mass is 16.5. The standard InChI is InChI=1S/C24H32N4O3/c1-18(2)10-12-26-22-21(5-4-11-25-22)23(29)28-15-13-27(14-16-28)17-19-6-8-20(9-7-19)24(30)31-3/h4-9,11,18H,10,12-17H2,1-3H3,(H,25,26). The minimum Gasteiger partial charge on any atom is -0.465 e. The van der Waals surface area contributed by atoms with Crippen molar-refractivity contribution >= 4 is 17.7 Å². The number of methoxy groups -OCH3 is 1. The van der Waals surface area contributed by atoms with E-state index in [2.05, 4.69) is 29.0 Å². The molecule has 0 unspecified atom stereocenters. The zero-order chi connectivity index (χ0) is 22.2. The van der Waals surface area contributed by atoms with E-state index in [1.807, 2.05) is 29.2 Å². The summed E-state index contributed by atoms with van der Waals surface area (Å²) in [5, 5.41) is 3.32. The van der Waals surface area contributed by atoms with Gasteiger partial charge < -0.3 is 15.0 Å². The van der Waals surface area contributed by atoms with Crippen LogP contribution in [0.2, 0.25) is 0 Å². The van der Waals surface area contributed by atoms with Gasteiger partial charge in [0.25, 0.3) is 5.91 Å². The summed E-state index contributed by atoms with van der Waals surface area (Å²) in [7, 11) is 1.38. The Bertz CT molecular complexity index is 875. The maximum absolute atomic E-state index is 13.1. The van der Waals surface area contributed by atoms with Crippen LogP contribution in [0.15, 0.2) is 42.6 Å². The van der Waals surface area contributed by atoms with Crippen LogP contribution in [0.25, 0.3) is 0 Å². The Hall–Kier alpha value is -2.93. The van der Waals surface area contributed by atoms with Gasteiger partial charge >= 0.3 is 5.97 Å². The molecule has 1 N–H and O–H groups in total. The van der Waals surface area contributed by atoms with Crippen molar-refractivity contribution in [2.75, 3.05) is 45.2 Å². The Labute approximate surface area is 184 Å². The third-order valence-corrected chi connectivity index (χ3v) is 5.49. The SMILES string of the molecule is COC(=O)c1ccc(CN2CCN(C(=O)c3cccnc3NCCC(C)C)CC2)cc1. The molecule has 2 aromatic rings. The number of benzene rings is 1. The fourth-order valence-electron chi connectivity index (χ4n) is 3.60. The van der Waals surface area contributed by atoms with Gasteiger partial charge in [-0.3, -0.25) is 9.69 Å². The minimum atomic E-state index is -0.327. The number of piperazine rings is 1. The van der Waals surface area contributed by atoms with Crippen LogP contribution >= 0.6 is 0 Å². The molecule has 0 aliphatic carbocycles. The first-order chi connectivity index (χ1) is 15.0. The predicted octanol–water partition coefficient (Wildman–Crippen LogP) is 3.28. The van der Waals surface area contributed by atoms with Crippen molar-refractivity contribution in [1.29, 1.82) is 0 Å². The monoisotopic (exact) mass is 424 g/mol. The van der Waals surface area contributed by atoms with Crippen LogP contribution in [-0.2, 0) is 11.3 Å². The predicted molar refractivity (Wildman–Crippen MR) is 121 cm³/mol. The molecule has 7 nitrogen and oxygen atoms in total. The summed E-state index contributed by atoms with van der Waals surface area (Å²) in [6.07, 6.45) is 2.75. The summed E-state index contributed by atoms with van der Waals surface area (Å²) >= 11 is 0. The van der Waals surface area contributed by atoms with E-state index in [0.29, 0.717) is 36.0 Å². The summed E-state index contributed by atoms with van der Waals surface area (Å²) in [5.74, 6) is 0.968. The zero-order valence-electron chi connectivity index (χ0n) is 18.6. The summed E-state index contributed by atoms with van der Waals surface area (Å²) in [6.45, 7) is 8.93. The Kier molecular flexibility index (Phi) is 8.00. The minimum absolute atomic E-state index is 0.0298. The summed E-state index contributed by atoms with van der Waals surface area (Å²) in [4.78, 5) is 33.3. The van der Waals surface area contributed by atoms with Gasteiger partial charge in [-0.2, -0.15) is 0 Å². The average Bonchev–Trinajstić information content (AvgIpc) is 2.79. The Morgan fingerprint density at radius 1 is 1.10 bits per heavy atom. The van der Waals surface area contributed by atoms with E-state index in [4.69, 9.17) is 4.74 Å². The molecule has 166 valence electrons. The lowest BCUT2D eigenvalue weighted by molar-refractivity contribution is 0.0599. The fourth-order valence-corrected chi connectivity index (χ4v) is 3.60. The van der Waals surface area contributed by atoms with E-state index < -0.39 is 0 Å². The van der Waals surface area contributed by atoms with Crippen LogP contribution in [0.3, 0.4) is 0 Å². The lowest BCUT2D eigenvalue weighted by atomic mass is 10.1. The second-order valence-corrected chi connectivity index (χ2v) is 8.27. The first-order valence-corrected chi connectivity index (χ1v) is 10.9. The number of anilines is 1. The molecule has 1 saturated heterocycles. The quantitative estimate of drug-likeness (QED) is 0.656. The number of esters is 1. The van der Waals surface area contributed by atoms with Gasteiger partial charge in [-0.1, -0.05) is 26.0 Å². The molecule has 2 heterocycles. The van der Waals surface area contributed by atoms with Crippen molar-refractivity contribution in [1.82, 2.24) is 14.8 Å². The van der Waals surface area contributed by atoms with E-state index in [1.165, 1.54) is 7.11 Å².